The van der Waals surface area contributed by atoms with Crippen molar-refractivity contribution in [1.29, 1.82) is 0 Å². The van der Waals surface area contributed by atoms with Crippen molar-refractivity contribution in [2.24, 2.45) is 5.73 Å². The van der Waals surface area contributed by atoms with Crippen molar-refractivity contribution in [2.75, 3.05) is 30.8 Å². The van der Waals surface area contributed by atoms with Gasteiger partial charge in [-0.25, -0.2) is 0 Å². The molecule has 0 aromatic carbocycles. The van der Waals surface area contributed by atoms with Crippen LogP contribution >= 0.6 is 11.3 Å². The van der Waals surface area contributed by atoms with E-state index in [0.29, 0.717) is 10.6 Å². The third-order valence-electron chi connectivity index (χ3n) is 2.72. The lowest BCUT2D eigenvalue weighted by molar-refractivity contribution is 0.0968. The summed E-state index contributed by atoms with van der Waals surface area (Å²) in [5.41, 5.74) is 12.2. The molecule has 0 spiro atoms. The van der Waals surface area contributed by atoms with Crippen LogP contribution in [0, 0.1) is 0 Å². The maximum absolute atomic E-state index is 11.5. The number of nitrogens with zero attached hydrogens (tertiary/aromatic N) is 1. The number of nitrogen functional groups attached to an aromatic ring is 1. The van der Waals surface area contributed by atoms with E-state index in [-0.39, 0.29) is 11.9 Å². The number of anilines is 2. The SMILES string of the molecule is CNC(=O)c1sc(N2CCC(N)C2)cc1N. The molecular weight excluding hydrogens is 224 g/mol. The van der Waals surface area contributed by atoms with E-state index < -0.39 is 0 Å². The standard InChI is InChI=1S/C10H16N4OS/c1-13-10(15)9-7(12)4-8(16-9)14-3-2-6(11)5-14/h4,6H,2-3,5,11-12H2,1H3,(H,13,15). The monoisotopic (exact) mass is 240 g/mol. The molecule has 2 rings (SSSR count). The van der Waals surface area contributed by atoms with Crippen molar-refractivity contribution in [3.8, 4) is 0 Å². The van der Waals surface area contributed by atoms with E-state index in [1.807, 2.05) is 6.07 Å². The Morgan fingerprint density at radius 3 is 3.00 bits per heavy atom. The minimum atomic E-state index is -0.128. The van der Waals surface area contributed by atoms with Crippen LogP contribution in [0.4, 0.5) is 10.7 Å². The number of hydrogen-bond donors (Lipinski definition) is 3. The van der Waals surface area contributed by atoms with Gasteiger partial charge in [-0.2, -0.15) is 0 Å². The molecule has 1 aromatic rings. The van der Waals surface area contributed by atoms with Crippen molar-refractivity contribution in [3.05, 3.63) is 10.9 Å². The third-order valence-corrected chi connectivity index (χ3v) is 3.93. The van der Waals surface area contributed by atoms with E-state index in [1.54, 1.807) is 7.05 Å². The lowest BCUT2D eigenvalue weighted by Gasteiger charge is -2.14. The zero-order valence-electron chi connectivity index (χ0n) is 9.19. The number of thiophene rings is 1. The second-order valence-corrected chi connectivity index (χ2v) is 4.97. The Hall–Kier alpha value is -1.27. The normalized spacial score (nSPS) is 20.1. The average molecular weight is 240 g/mol. The molecule has 1 aliphatic rings. The van der Waals surface area contributed by atoms with E-state index in [4.69, 9.17) is 11.5 Å². The van der Waals surface area contributed by atoms with Gasteiger partial charge in [0.25, 0.3) is 5.91 Å². The Morgan fingerprint density at radius 1 is 1.69 bits per heavy atom. The molecule has 88 valence electrons. The van der Waals surface area contributed by atoms with Crippen LogP contribution in [-0.4, -0.2) is 32.1 Å². The maximum Gasteiger partial charge on any atom is 0.263 e. The quantitative estimate of drug-likeness (QED) is 0.691. The molecule has 1 saturated heterocycles. The molecule has 0 bridgehead atoms. The van der Waals surface area contributed by atoms with Gasteiger partial charge in [-0.1, -0.05) is 0 Å². The fourth-order valence-corrected chi connectivity index (χ4v) is 2.89. The van der Waals surface area contributed by atoms with Crippen LogP contribution in [0.1, 0.15) is 16.1 Å². The minimum Gasteiger partial charge on any atom is -0.397 e. The molecule has 1 aromatic heterocycles. The van der Waals surface area contributed by atoms with Crippen LogP contribution in [0.15, 0.2) is 6.07 Å². The number of nitrogens with two attached hydrogens (primary N) is 2. The highest BCUT2D eigenvalue weighted by atomic mass is 32.1. The number of amides is 1. The Bertz CT molecular complexity index is 404. The summed E-state index contributed by atoms with van der Waals surface area (Å²) in [6.07, 6.45) is 0.993. The first-order valence-corrected chi connectivity index (χ1v) is 6.05. The highest BCUT2D eigenvalue weighted by Crippen LogP contribution is 2.33. The van der Waals surface area contributed by atoms with Crippen molar-refractivity contribution in [3.63, 3.8) is 0 Å². The van der Waals surface area contributed by atoms with E-state index >= 15 is 0 Å². The van der Waals surface area contributed by atoms with Crippen LogP contribution in [0.25, 0.3) is 0 Å². The van der Waals surface area contributed by atoms with Crippen molar-refractivity contribution in [1.82, 2.24) is 5.32 Å². The number of carbonyl (C=O) groups excluding carboxylic acids is 1. The average Bonchev–Trinajstić information content (AvgIpc) is 2.83. The summed E-state index contributed by atoms with van der Waals surface area (Å²) in [6, 6.07) is 2.08. The molecule has 0 radical (unpaired) electrons. The highest BCUT2D eigenvalue weighted by Gasteiger charge is 2.23. The fraction of sp³-hybridized carbons (Fsp3) is 0.500. The van der Waals surface area contributed by atoms with Crippen molar-refractivity contribution >= 4 is 27.9 Å². The van der Waals surface area contributed by atoms with Crippen molar-refractivity contribution in [2.45, 2.75) is 12.5 Å². The summed E-state index contributed by atoms with van der Waals surface area (Å²) in [5, 5.41) is 3.61. The molecule has 1 aliphatic heterocycles. The zero-order valence-corrected chi connectivity index (χ0v) is 10.0. The first-order valence-electron chi connectivity index (χ1n) is 5.23. The second-order valence-electron chi connectivity index (χ2n) is 3.94. The second kappa shape index (κ2) is 4.31. The molecule has 5 nitrogen and oxygen atoms in total. The first-order chi connectivity index (χ1) is 7.61. The summed E-state index contributed by atoms with van der Waals surface area (Å²) in [6.45, 7) is 1.78. The smallest absolute Gasteiger partial charge is 0.263 e. The van der Waals surface area contributed by atoms with Crippen LogP contribution < -0.4 is 21.7 Å². The zero-order chi connectivity index (χ0) is 11.7. The van der Waals surface area contributed by atoms with Gasteiger partial charge in [-0.05, 0) is 12.5 Å². The van der Waals surface area contributed by atoms with Gasteiger partial charge in [0.15, 0.2) is 0 Å². The molecule has 16 heavy (non-hydrogen) atoms. The van der Waals surface area contributed by atoms with Gasteiger partial charge in [0.2, 0.25) is 0 Å². The Kier molecular flexibility index (Phi) is 3.02. The van der Waals surface area contributed by atoms with E-state index in [0.717, 1.165) is 24.5 Å². The summed E-state index contributed by atoms with van der Waals surface area (Å²) in [7, 11) is 1.60. The van der Waals surface area contributed by atoms with Crippen LogP contribution in [0.5, 0.6) is 0 Å². The van der Waals surface area contributed by atoms with Crippen molar-refractivity contribution < 1.29 is 4.79 Å². The number of carbonyl (C=O) groups is 1. The predicted molar refractivity (Wildman–Crippen MR) is 66.9 cm³/mol. The minimum absolute atomic E-state index is 0.128. The van der Waals surface area contributed by atoms with E-state index in [2.05, 4.69) is 10.2 Å². The molecule has 1 fully saturated rings. The summed E-state index contributed by atoms with van der Waals surface area (Å²) < 4.78 is 0. The number of hydrogen-bond acceptors (Lipinski definition) is 5. The largest absolute Gasteiger partial charge is 0.397 e. The molecular formula is C10H16N4OS. The van der Waals surface area contributed by atoms with Gasteiger partial charge >= 0.3 is 0 Å². The molecule has 2 heterocycles. The highest BCUT2D eigenvalue weighted by molar-refractivity contribution is 7.18. The maximum atomic E-state index is 11.5. The molecule has 1 amide bonds. The molecule has 6 heteroatoms. The van der Waals surface area contributed by atoms with Crippen LogP contribution in [0.3, 0.4) is 0 Å². The van der Waals surface area contributed by atoms with Gasteiger partial charge in [-0.15, -0.1) is 11.3 Å². The number of nitrogens with one attached hydrogen (secondary N) is 1. The Balaban J connectivity index is 2.20. The Labute approximate surface area is 98.4 Å². The summed E-state index contributed by atoms with van der Waals surface area (Å²) >= 11 is 1.42. The summed E-state index contributed by atoms with van der Waals surface area (Å²) in [5.74, 6) is -0.128. The Morgan fingerprint density at radius 2 is 2.44 bits per heavy atom. The first kappa shape index (κ1) is 11.2. The van der Waals surface area contributed by atoms with Crippen LogP contribution in [0.2, 0.25) is 0 Å². The molecule has 5 N–H and O–H groups in total. The molecule has 1 unspecified atom stereocenters. The van der Waals surface area contributed by atoms with Gasteiger partial charge in [0, 0.05) is 26.2 Å². The predicted octanol–water partition coefficient (Wildman–Crippen LogP) is 0.227. The van der Waals surface area contributed by atoms with Gasteiger partial charge in [0.05, 0.1) is 10.7 Å². The lowest BCUT2D eigenvalue weighted by atomic mass is 10.3. The third kappa shape index (κ3) is 1.98. The lowest BCUT2D eigenvalue weighted by Crippen LogP contribution is -2.25. The van der Waals surface area contributed by atoms with Gasteiger partial charge < -0.3 is 21.7 Å². The van der Waals surface area contributed by atoms with Crippen LogP contribution in [-0.2, 0) is 0 Å². The topological polar surface area (TPSA) is 84.4 Å². The molecule has 0 saturated carbocycles. The fourth-order valence-electron chi connectivity index (χ4n) is 1.83. The van der Waals surface area contributed by atoms with Gasteiger partial charge in [-0.3, -0.25) is 4.79 Å². The van der Waals surface area contributed by atoms with E-state index in [1.165, 1.54) is 11.3 Å². The summed E-state index contributed by atoms with van der Waals surface area (Å²) in [4.78, 5) is 14.3. The molecule has 1 atom stereocenters. The number of rotatable bonds is 2. The van der Waals surface area contributed by atoms with Gasteiger partial charge in [0.1, 0.15) is 4.88 Å². The molecule has 0 aliphatic carbocycles. The van der Waals surface area contributed by atoms with E-state index in [9.17, 15) is 4.79 Å².